The van der Waals surface area contributed by atoms with E-state index in [2.05, 4.69) is 20.3 Å². The third kappa shape index (κ3) is 2.70. The minimum absolute atomic E-state index is 0.0392. The largest absolute Gasteiger partial charge is 0.444 e. The van der Waals surface area contributed by atoms with Gasteiger partial charge in [0.2, 0.25) is 5.89 Å². The van der Waals surface area contributed by atoms with E-state index in [1.807, 2.05) is 10.9 Å². The van der Waals surface area contributed by atoms with Gasteiger partial charge in [0.05, 0.1) is 30.2 Å². The molecule has 4 heterocycles. The van der Waals surface area contributed by atoms with Crippen LogP contribution in [0.2, 0.25) is 0 Å². The third-order valence-electron chi connectivity index (χ3n) is 5.32. The van der Waals surface area contributed by atoms with E-state index in [9.17, 15) is 4.79 Å². The number of nitrogens with one attached hydrogen (secondary N) is 1. The Morgan fingerprint density at radius 2 is 2.16 bits per heavy atom. The second-order valence-electron chi connectivity index (χ2n) is 7.09. The smallest absolute Gasteiger partial charge is 0.322 e. The van der Waals surface area contributed by atoms with Gasteiger partial charge in [-0.1, -0.05) is 0 Å². The second-order valence-corrected chi connectivity index (χ2v) is 7.09. The first-order valence-corrected chi connectivity index (χ1v) is 9.05. The van der Waals surface area contributed by atoms with E-state index < -0.39 is 0 Å². The van der Waals surface area contributed by atoms with Crippen molar-refractivity contribution < 1.29 is 9.21 Å². The Morgan fingerprint density at radius 1 is 1.28 bits per heavy atom. The molecule has 8 heteroatoms. The zero-order valence-corrected chi connectivity index (χ0v) is 14.1. The van der Waals surface area contributed by atoms with Gasteiger partial charge in [0.1, 0.15) is 5.76 Å². The molecule has 0 spiro atoms. The number of nitrogens with zero attached hydrogens (tertiary/aromatic N) is 5. The van der Waals surface area contributed by atoms with Crippen molar-refractivity contribution >= 4 is 11.7 Å². The first kappa shape index (κ1) is 14.9. The molecule has 0 bridgehead atoms. The average molecular weight is 342 g/mol. The second kappa shape index (κ2) is 5.87. The maximum Gasteiger partial charge on any atom is 0.322 e. The molecule has 0 aromatic carbocycles. The molecular weight excluding hydrogens is 320 g/mol. The highest BCUT2D eigenvalue weighted by molar-refractivity contribution is 5.93. The molecule has 0 atom stereocenters. The predicted octanol–water partition coefficient (Wildman–Crippen LogP) is 1.34. The Labute approximate surface area is 145 Å². The maximum atomic E-state index is 11.7. The number of anilines is 1. The van der Waals surface area contributed by atoms with Gasteiger partial charge in [0.25, 0.3) is 0 Å². The molecule has 1 N–H and O–H groups in total. The standard InChI is InChI=1S/C17H22N6O2/c24-17-18-5-6-22(17)12-7-19-23(10-12)13-8-21(9-13)11-16-20-14-3-1-2-4-15(14)25-16/h7,10,13H,1-6,8-9,11H2,(H,18,24). The molecule has 0 saturated carbocycles. The van der Waals surface area contributed by atoms with Gasteiger partial charge in [-0.25, -0.2) is 9.78 Å². The van der Waals surface area contributed by atoms with Crippen molar-refractivity contribution in [3.05, 3.63) is 29.7 Å². The first-order chi connectivity index (χ1) is 12.3. The van der Waals surface area contributed by atoms with Crippen LogP contribution in [0.5, 0.6) is 0 Å². The Balaban J connectivity index is 1.19. The van der Waals surface area contributed by atoms with Crippen molar-refractivity contribution in [1.82, 2.24) is 25.0 Å². The number of aryl methyl sites for hydroxylation is 2. The number of likely N-dealkylation sites (tertiary alicyclic amines) is 1. The molecule has 2 aromatic heterocycles. The van der Waals surface area contributed by atoms with Crippen LogP contribution in [0.3, 0.4) is 0 Å². The first-order valence-electron chi connectivity index (χ1n) is 9.05. The highest BCUT2D eigenvalue weighted by atomic mass is 16.4. The van der Waals surface area contributed by atoms with Gasteiger partial charge in [-0.3, -0.25) is 14.5 Å². The van der Waals surface area contributed by atoms with Crippen LogP contribution in [-0.2, 0) is 19.4 Å². The monoisotopic (exact) mass is 342 g/mol. The quantitative estimate of drug-likeness (QED) is 0.907. The molecule has 1 aliphatic carbocycles. The number of carbonyl (C=O) groups excluding carboxylic acids is 1. The molecule has 2 aromatic rings. The van der Waals surface area contributed by atoms with Crippen LogP contribution in [0.25, 0.3) is 0 Å². The lowest BCUT2D eigenvalue weighted by Gasteiger charge is -2.38. The van der Waals surface area contributed by atoms with Gasteiger partial charge >= 0.3 is 6.03 Å². The fraction of sp³-hybridized carbons (Fsp3) is 0.588. The van der Waals surface area contributed by atoms with Crippen molar-refractivity contribution in [2.75, 3.05) is 31.1 Å². The minimum Gasteiger partial charge on any atom is -0.444 e. The van der Waals surface area contributed by atoms with E-state index in [0.29, 0.717) is 19.1 Å². The molecule has 5 rings (SSSR count). The summed E-state index contributed by atoms with van der Waals surface area (Å²) in [6.07, 6.45) is 8.27. The van der Waals surface area contributed by atoms with Crippen LogP contribution in [-0.4, -0.2) is 51.9 Å². The highest BCUT2D eigenvalue weighted by Gasteiger charge is 2.31. The normalized spacial score (nSPS) is 21.3. The molecule has 2 aliphatic heterocycles. The zero-order chi connectivity index (χ0) is 16.8. The summed E-state index contributed by atoms with van der Waals surface area (Å²) in [7, 11) is 0. The van der Waals surface area contributed by atoms with Crippen molar-refractivity contribution in [3.63, 3.8) is 0 Å². The number of hydrogen-bond donors (Lipinski definition) is 1. The van der Waals surface area contributed by atoms with Crippen LogP contribution in [0.4, 0.5) is 10.5 Å². The van der Waals surface area contributed by atoms with Gasteiger partial charge in [-0.15, -0.1) is 0 Å². The lowest BCUT2D eigenvalue weighted by molar-refractivity contribution is 0.0811. The van der Waals surface area contributed by atoms with Gasteiger partial charge in [-0.05, 0) is 19.3 Å². The number of rotatable bonds is 4. The zero-order valence-electron chi connectivity index (χ0n) is 14.1. The summed E-state index contributed by atoms with van der Waals surface area (Å²) in [5.41, 5.74) is 2.03. The average Bonchev–Trinajstić information content (AvgIpc) is 3.28. The Hall–Kier alpha value is -2.35. The molecule has 2 saturated heterocycles. The fourth-order valence-electron chi connectivity index (χ4n) is 3.89. The van der Waals surface area contributed by atoms with Crippen LogP contribution >= 0.6 is 0 Å². The molecule has 25 heavy (non-hydrogen) atoms. The number of aromatic nitrogens is 3. The van der Waals surface area contributed by atoms with E-state index >= 15 is 0 Å². The van der Waals surface area contributed by atoms with E-state index in [1.54, 1.807) is 11.1 Å². The van der Waals surface area contributed by atoms with Crippen molar-refractivity contribution in [2.45, 2.75) is 38.3 Å². The van der Waals surface area contributed by atoms with Gasteiger partial charge in [-0.2, -0.15) is 5.10 Å². The lowest BCUT2D eigenvalue weighted by Crippen LogP contribution is -2.47. The lowest BCUT2D eigenvalue weighted by atomic mass is 10.0. The number of oxazole rings is 1. The summed E-state index contributed by atoms with van der Waals surface area (Å²) in [5, 5.41) is 7.25. The number of amides is 2. The fourth-order valence-corrected chi connectivity index (χ4v) is 3.89. The third-order valence-corrected chi connectivity index (χ3v) is 5.32. The summed E-state index contributed by atoms with van der Waals surface area (Å²) in [4.78, 5) is 20.4. The molecule has 2 fully saturated rings. The van der Waals surface area contributed by atoms with Crippen molar-refractivity contribution in [2.24, 2.45) is 0 Å². The van der Waals surface area contributed by atoms with Crippen LogP contribution < -0.4 is 10.2 Å². The number of carbonyl (C=O) groups is 1. The number of fused-ring (bicyclic) bond motifs is 1. The van der Waals surface area contributed by atoms with Crippen LogP contribution in [0.1, 0.15) is 36.2 Å². The van der Waals surface area contributed by atoms with Crippen LogP contribution in [0.15, 0.2) is 16.8 Å². The molecule has 0 radical (unpaired) electrons. The molecular formula is C17H22N6O2. The topological polar surface area (TPSA) is 79.4 Å². The van der Waals surface area contributed by atoms with Crippen molar-refractivity contribution in [1.29, 1.82) is 0 Å². The number of hydrogen-bond acceptors (Lipinski definition) is 5. The molecule has 2 amide bonds. The molecule has 3 aliphatic rings. The molecule has 8 nitrogen and oxygen atoms in total. The number of urea groups is 1. The molecule has 132 valence electrons. The maximum absolute atomic E-state index is 11.7. The Kier molecular flexibility index (Phi) is 3.51. The van der Waals surface area contributed by atoms with E-state index in [1.165, 1.54) is 18.5 Å². The van der Waals surface area contributed by atoms with Gasteiger partial charge in [0, 0.05) is 38.8 Å². The summed E-state index contributed by atoms with van der Waals surface area (Å²) in [6.45, 7) is 4.03. The highest BCUT2D eigenvalue weighted by Crippen LogP contribution is 2.27. The van der Waals surface area contributed by atoms with E-state index in [0.717, 1.165) is 49.8 Å². The summed E-state index contributed by atoms with van der Waals surface area (Å²) >= 11 is 0. The van der Waals surface area contributed by atoms with Gasteiger partial charge < -0.3 is 9.73 Å². The Morgan fingerprint density at radius 3 is 2.96 bits per heavy atom. The summed E-state index contributed by atoms with van der Waals surface area (Å²) in [6, 6.07) is 0.312. The SMILES string of the molecule is O=C1NCCN1c1cnn(C2CN(Cc3nc4c(o3)CCCC4)C2)c1. The van der Waals surface area contributed by atoms with E-state index in [-0.39, 0.29) is 6.03 Å². The van der Waals surface area contributed by atoms with Gasteiger partial charge in [0.15, 0.2) is 0 Å². The summed E-state index contributed by atoms with van der Waals surface area (Å²) < 4.78 is 7.88. The Bertz CT molecular complexity index is 767. The molecule has 0 unspecified atom stereocenters. The van der Waals surface area contributed by atoms with Crippen molar-refractivity contribution in [3.8, 4) is 0 Å². The van der Waals surface area contributed by atoms with E-state index in [4.69, 9.17) is 4.42 Å². The predicted molar refractivity (Wildman–Crippen MR) is 90.4 cm³/mol. The summed E-state index contributed by atoms with van der Waals surface area (Å²) in [5.74, 6) is 1.94. The van der Waals surface area contributed by atoms with Crippen LogP contribution in [0, 0.1) is 0 Å². The minimum atomic E-state index is -0.0392.